The summed E-state index contributed by atoms with van der Waals surface area (Å²) in [5, 5.41) is -0.501. The van der Waals surface area contributed by atoms with Crippen LogP contribution in [-0.2, 0) is 0 Å². The molecule has 0 N–H and O–H groups in total. The van der Waals surface area contributed by atoms with Crippen molar-refractivity contribution in [3.8, 4) is 0 Å². The highest BCUT2D eigenvalue weighted by atomic mass is 35.5. The molecular weight excluding hydrogens is 536 g/mol. The molecule has 1 aliphatic carbocycles. The Labute approximate surface area is 205 Å². The fourth-order valence-corrected chi connectivity index (χ4v) is 4.25. The molecule has 1 atom stereocenters. The third kappa shape index (κ3) is 5.81. The number of allylic oxidation sites excluding steroid dienone is 1. The van der Waals surface area contributed by atoms with Crippen molar-refractivity contribution in [3.05, 3.63) is 73.2 Å². The van der Waals surface area contributed by atoms with Crippen LogP contribution in [0.15, 0.2) is 36.4 Å². The summed E-state index contributed by atoms with van der Waals surface area (Å²) < 4.78 is 80.3. The predicted octanol–water partition coefficient (Wildman–Crippen LogP) is 9.57. The van der Waals surface area contributed by atoms with Crippen LogP contribution in [0.25, 0.3) is 6.08 Å². The topological polar surface area (TPSA) is 17.1 Å². The summed E-state index contributed by atoms with van der Waals surface area (Å²) in [6.07, 6.45) is -8.17. The van der Waals surface area contributed by atoms with E-state index < -0.39 is 35.9 Å². The quantitative estimate of drug-likeness (QED) is 0.199. The van der Waals surface area contributed by atoms with Crippen molar-refractivity contribution in [1.82, 2.24) is 0 Å². The van der Waals surface area contributed by atoms with E-state index >= 15 is 0 Å². The second-order valence-corrected chi connectivity index (χ2v) is 9.39. The summed E-state index contributed by atoms with van der Waals surface area (Å²) >= 11 is 23.6. The van der Waals surface area contributed by atoms with Gasteiger partial charge in [-0.25, -0.2) is 0 Å². The number of Topliss-reactive ketones (excluding diaryl/α,β-unsaturated/α-hetero) is 1. The van der Waals surface area contributed by atoms with Gasteiger partial charge in [-0.15, -0.1) is 0 Å². The zero-order chi connectivity index (χ0) is 24.8. The van der Waals surface area contributed by atoms with E-state index in [9.17, 15) is 31.1 Å². The van der Waals surface area contributed by atoms with Crippen LogP contribution in [0.4, 0.5) is 26.3 Å². The molecule has 0 amide bonds. The highest BCUT2D eigenvalue weighted by molar-refractivity contribution is 6.48. The van der Waals surface area contributed by atoms with Gasteiger partial charge < -0.3 is 0 Å². The summed E-state index contributed by atoms with van der Waals surface area (Å²) in [6, 6.07) is 5.84. The lowest BCUT2D eigenvalue weighted by Gasteiger charge is -2.19. The molecule has 3 rings (SSSR count). The first kappa shape index (κ1) is 26.2. The summed E-state index contributed by atoms with van der Waals surface area (Å²) in [5.74, 6) is -2.85. The molecule has 2 aromatic rings. The van der Waals surface area contributed by atoms with Crippen LogP contribution >= 0.6 is 46.4 Å². The maximum absolute atomic E-state index is 13.6. The van der Waals surface area contributed by atoms with Crippen molar-refractivity contribution in [2.75, 3.05) is 0 Å². The van der Waals surface area contributed by atoms with Gasteiger partial charge in [-0.1, -0.05) is 64.6 Å². The number of alkyl halides is 6. The minimum Gasteiger partial charge on any atom is -0.294 e. The minimum atomic E-state index is -4.69. The van der Waals surface area contributed by atoms with Gasteiger partial charge in [0, 0.05) is 12.0 Å². The highest BCUT2D eigenvalue weighted by Gasteiger charge is 2.63. The molecule has 1 fully saturated rings. The zero-order valence-electron chi connectivity index (χ0n) is 16.4. The van der Waals surface area contributed by atoms with Crippen LogP contribution in [-0.4, -0.2) is 18.1 Å². The number of carbonyl (C=O) groups excluding carboxylic acids is 1. The van der Waals surface area contributed by atoms with Crippen LogP contribution < -0.4 is 0 Å². The lowest BCUT2D eigenvalue weighted by atomic mass is 9.94. The number of hydrogen-bond acceptors (Lipinski definition) is 1. The average molecular weight is 550 g/mol. The molecule has 178 valence electrons. The minimum absolute atomic E-state index is 0.0717. The Hall–Kier alpha value is -1.41. The summed E-state index contributed by atoms with van der Waals surface area (Å²) in [7, 11) is 0. The van der Waals surface area contributed by atoms with Crippen LogP contribution in [0.1, 0.15) is 46.7 Å². The largest absolute Gasteiger partial charge is 0.399 e. The molecule has 1 saturated carbocycles. The van der Waals surface area contributed by atoms with E-state index in [0.29, 0.717) is 0 Å². The third-order valence-corrected chi connectivity index (χ3v) is 6.96. The van der Waals surface area contributed by atoms with Crippen molar-refractivity contribution < 1.29 is 31.1 Å². The van der Waals surface area contributed by atoms with Crippen molar-refractivity contribution >= 4 is 58.3 Å². The lowest BCUT2D eigenvalue weighted by Crippen LogP contribution is -2.27. The first-order valence-corrected chi connectivity index (χ1v) is 10.9. The molecule has 1 nitrogen and oxygen atoms in total. The molecule has 33 heavy (non-hydrogen) atoms. The van der Waals surface area contributed by atoms with E-state index in [2.05, 4.69) is 0 Å². The molecule has 11 heteroatoms. The van der Waals surface area contributed by atoms with Gasteiger partial charge in [-0.2, -0.15) is 26.3 Å². The van der Waals surface area contributed by atoms with Gasteiger partial charge in [0.25, 0.3) is 0 Å². The Bertz CT molecular complexity index is 1080. The van der Waals surface area contributed by atoms with Gasteiger partial charge in [0.05, 0.1) is 31.4 Å². The van der Waals surface area contributed by atoms with Gasteiger partial charge in [0.1, 0.15) is 0 Å². The van der Waals surface area contributed by atoms with Gasteiger partial charge in [-0.3, -0.25) is 4.79 Å². The fraction of sp³-hybridized carbons (Fsp3) is 0.318. The Morgan fingerprint density at radius 3 is 1.97 bits per heavy atom. The Morgan fingerprint density at radius 2 is 1.52 bits per heavy atom. The van der Waals surface area contributed by atoms with Crippen molar-refractivity contribution in [2.24, 2.45) is 5.41 Å². The maximum atomic E-state index is 13.6. The molecule has 0 aliphatic heterocycles. The number of halogens is 10. The van der Waals surface area contributed by atoms with Crippen LogP contribution in [0, 0.1) is 5.41 Å². The maximum Gasteiger partial charge on any atom is 0.399 e. The normalized spacial score (nSPS) is 16.8. The average Bonchev–Trinajstić information content (AvgIpc) is 3.45. The molecular formula is C22H14Cl4F6O. The third-order valence-electron chi connectivity index (χ3n) is 5.45. The first-order chi connectivity index (χ1) is 15.1. The molecule has 1 aliphatic rings. The molecule has 0 bridgehead atoms. The number of rotatable bonds is 6. The second-order valence-electron chi connectivity index (χ2n) is 7.79. The number of hydrogen-bond donors (Lipinski definition) is 0. The van der Waals surface area contributed by atoms with Gasteiger partial charge >= 0.3 is 12.4 Å². The Morgan fingerprint density at radius 1 is 0.939 bits per heavy atom. The van der Waals surface area contributed by atoms with Crippen LogP contribution in [0.3, 0.4) is 0 Å². The monoisotopic (exact) mass is 548 g/mol. The highest BCUT2D eigenvalue weighted by Crippen LogP contribution is 2.60. The molecule has 0 saturated heterocycles. The van der Waals surface area contributed by atoms with Crippen molar-refractivity contribution in [1.29, 1.82) is 0 Å². The smallest absolute Gasteiger partial charge is 0.294 e. The SMILES string of the molecule is O=C(CC1(C(F)(F)F)CC1)c1ccc(/C=C/C(c2cc(Cl)c(Cl)c(Cl)c2)C(F)(F)F)cc1Cl. The Kier molecular flexibility index (Phi) is 7.40. The fourth-order valence-electron chi connectivity index (χ4n) is 3.35. The zero-order valence-corrected chi connectivity index (χ0v) is 19.5. The predicted molar refractivity (Wildman–Crippen MR) is 117 cm³/mol. The van der Waals surface area contributed by atoms with E-state index in [1.807, 2.05) is 0 Å². The summed E-state index contributed by atoms with van der Waals surface area (Å²) in [4.78, 5) is 12.4. The number of ketones is 1. The van der Waals surface area contributed by atoms with E-state index in [4.69, 9.17) is 46.4 Å². The van der Waals surface area contributed by atoms with E-state index in [1.54, 1.807) is 0 Å². The summed E-state index contributed by atoms with van der Waals surface area (Å²) in [5.41, 5.74) is -2.16. The Balaban J connectivity index is 1.84. The first-order valence-electron chi connectivity index (χ1n) is 9.43. The van der Waals surface area contributed by atoms with Crippen LogP contribution in [0.5, 0.6) is 0 Å². The van der Waals surface area contributed by atoms with E-state index in [1.165, 1.54) is 18.2 Å². The second kappa shape index (κ2) is 9.33. The standard InChI is InChI=1S/C22H14Cl4F6O/c23-15-7-11(1-3-13(15)18(33)10-20(5-6-20)22(30,31)32)2-4-14(21(27,28)29)12-8-16(24)19(26)17(25)9-12/h1-4,7-9,14H,5-6,10H2/b4-2+. The molecule has 0 radical (unpaired) electrons. The van der Waals surface area contributed by atoms with E-state index in [-0.39, 0.29) is 49.6 Å². The van der Waals surface area contributed by atoms with Crippen molar-refractivity contribution in [2.45, 2.75) is 37.5 Å². The lowest BCUT2D eigenvalue weighted by molar-refractivity contribution is -0.185. The van der Waals surface area contributed by atoms with E-state index in [0.717, 1.165) is 24.3 Å². The van der Waals surface area contributed by atoms with Crippen LogP contribution in [0.2, 0.25) is 20.1 Å². The molecule has 2 aromatic carbocycles. The molecule has 1 unspecified atom stereocenters. The van der Waals surface area contributed by atoms with Gasteiger partial charge in [-0.05, 0) is 48.2 Å². The van der Waals surface area contributed by atoms with Crippen molar-refractivity contribution in [3.63, 3.8) is 0 Å². The molecule has 0 spiro atoms. The molecule has 0 heterocycles. The molecule has 0 aromatic heterocycles. The summed E-state index contributed by atoms with van der Waals surface area (Å²) in [6.45, 7) is 0. The number of carbonyl (C=O) groups is 1. The number of benzene rings is 2. The van der Waals surface area contributed by atoms with Gasteiger partial charge in [0.15, 0.2) is 5.78 Å². The van der Waals surface area contributed by atoms with Gasteiger partial charge in [0.2, 0.25) is 0 Å².